The lowest BCUT2D eigenvalue weighted by atomic mass is 10.1. The smallest absolute Gasteiger partial charge is 0.243 e. The van der Waals surface area contributed by atoms with Crippen LogP contribution in [0.2, 0.25) is 0 Å². The molecule has 21 heavy (non-hydrogen) atoms. The van der Waals surface area contributed by atoms with Crippen molar-refractivity contribution in [1.82, 2.24) is 4.31 Å². The second kappa shape index (κ2) is 8.15. The van der Waals surface area contributed by atoms with Crippen molar-refractivity contribution in [1.29, 1.82) is 0 Å². The first-order chi connectivity index (χ1) is 9.93. The van der Waals surface area contributed by atoms with Gasteiger partial charge >= 0.3 is 0 Å². The first-order valence-corrected chi connectivity index (χ1v) is 8.03. The van der Waals surface area contributed by atoms with Gasteiger partial charge in [0.2, 0.25) is 10.0 Å². The molecule has 1 N–H and O–H groups in total. The predicted octanol–water partition coefficient (Wildman–Crippen LogP) is 0.996. The van der Waals surface area contributed by atoms with Crippen LogP contribution < -0.4 is 0 Å². The zero-order valence-corrected chi connectivity index (χ0v) is 13.4. The van der Waals surface area contributed by atoms with Crippen LogP contribution in [0.25, 0.3) is 0 Å². The van der Waals surface area contributed by atoms with E-state index in [1.54, 1.807) is 39.3 Å². The summed E-state index contributed by atoms with van der Waals surface area (Å²) in [7, 11) is -0.413. The van der Waals surface area contributed by atoms with Crippen molar-refractivity contribution in [3.8, 4) is 11.8 Å². The molecule has 1 aromatic rings. The molecule has 0 aliphatic heterocycles. The summed E-state index contributed by atoms with van der Waals surface area (Å²) in [4.78, 5) is 0.243. The first kappa shape index (κ1) is 17.7. The number of hydrogen-bond acceptors (Lipinski definition) is 4. The van der Waals surface area contributed by atoms with Gasteiger partial charge < -0.3 is 9.84 Å². The molecule has 0 aromatic heterocycles. The summed E-state index contributed by atoms with van der Waals surface area (Å²) in [6.45, 7) is 2.40. The number of aryl methyl sites for hydroxylation is 1. The van der Waals surface area contributed by atoms with E-state index in [9.17, 15) is 8.42 Å². The van der Waals surface area contributed by atoms with E-state index in [1.807, 2.05) is 0 Å². The molecular weight excluding hydrogens is 290 g/mol. The van der Waals surface area contributed by atoms with Crippen molar-refractivity contribution < 1.29 is 18.3 Å². The van der Waals surface area contributed by atoms with Crippen LogP contribution in [0, 0.1) is 18.8 Å². The molecule has 0 saturated carbocycles. The lowest BCUT2D eigenvalue weighted by Crippen LogP contribution is -2.29. The second-order valence-corrected chi connectivity index (χ2v) is 6.63. The number of sulfonamides is 1. The van der Waals surface area contributed by atoms with E-state index in [2.05, 4.69) is 11.8 Å². The average Bonchev–Trinajstić information content (AvgIpc) is 2.46. The molecule has 0 spiro atoms. The molecular formula is C15H21NO4S. The highest BCUT2D eigenvalue weighted by Crippen LogP contribution is 2.20. The Hall–Kier alpha value is -1.39. The molecule has 0 atom stereocenters. The van der Waals surface area contributed by atoms with Crippen LogP contribution in [-0.4, -0.2) is 51.7 Å². The topological polar surface area (TPSA) is 66.8 Å². The lowest BCUT2D eigenvalue weighted by Gasteiger charge is -2.18. The molecule has 0 aliphatic rings. The third-order valence-corrected chi connectivity index (χ3v) is 5.01. The molecule has 0 fully saturated rings. The minimum absolute atomic E-state index is 0.243. The maximum Gasteiger partial charge on any atom is 0.243 e. The molecule has 1 aromatic carbocycles. The molecule has 0 amide bonds. The van der Waals surface area contributed by atoms with Gasteiger partial charge in [0, 0.05) is 32.9 Å². The zero-order valence-electron chi connectivity index (χ0n) is 12.6. The number of methoxy groups -OCH3 is 1. The lowest BCUT2D eigenvalue weighted by molar-refractivity contribution is 0.189. The van der Waals surface area contributed by atoms with Gasteiger partial charge in [-0.05, 0) is 31.0 Å². The van der Waals surface area contributed by atoms with Crippen molar-refractivity contribution in [2.75, 3.05) is 33.9 Å². The van der Waals surface area contributed by atoms with Crippen molar-refractivity contribution in [2.45, 2.75) is 18.2 Å². The highest BCUT2D eigenvalue weighted by Gasteiger charge is 2.22. The fourth-order valence-corrected chi connectivity index (χ4v) is 3.27. The fourth-order valence-electron chi connectivity index (χ4n) is 1.82. The summed E-state index contributed by atoms with van der Waals surface area (Å²) in [6, 6.07) is 5.00. The molecule has 5 nitrogen and oxygen atoms in total. The summed E-state index contributed by atoms with van der Waals surface area (Å²) < 4.78 is 31.4. The van der Waals surface area contributed by atoms with Crippen LogP contribution in [-0.2, 0) is 14.8 Å². The minimum Gasteiger partial charge on any atom is -0.385 e. The molecule has 0 bridgehead atoms. The number of aliphatic hydroxyl groups excluding tert-OH is 1. The third kappa shape index (κ3) is 4.83. The monoisotopic (exact) mass is 311 g/mol. The number of benzene rings is 1. The molecule has 1 rings (SSSR count). The van der Waals surface area contributed by atoms with Gasteiger partial charge in [-0.25, -0.2) is 12.7 Å². The molecule has 6 heteroatoms. The standard InChI is InChI=1S/C15H21NO4S/c1-13-7-8-14(6-4-10-17)12-15(13)21(18,19)16(2)9-5-11-20-3/h7-8,12,17H,5,9-11H2,1-3H3. The largest absolute Gasteiger partial charge is 0.385 e. The number of nitrogens with zero attached hydrogens (tertiary/aromatic N) is 1. The number of ether oxygens (including phenoxy) is 1. The first-order valence-electron chi connectivity index (χ1n) is 6.59. The highest BCUT2D eigenvalue weighted by atomic mass is 32.2. The summed E-state index contributed by atoms with van der Waals surface area (Å²) in [5.74, 6) is 5.24. The van der Waals surface area contributed by atoms with Crippen LogP contribution in [0.1, 0.15) is 17.5 Å². The van der Waals surface area contributed by atoms with Gasteiger partial charge in [-0.1, -0.05) is 17.9 Å². The van der Waals surface area contributed by atoms with Crippen LogP contribution in [0.5, 0.6) is 0 Å². The van der Waals surface area contributed by atoms with E-state index in [0.717, 1.165) is 0 Å². The quantitative estimate of drug-likeness (QED) is 0.628. The number of rotatable bonds is 6. The van der Waals surface area contributed by atoms with Gasteiger partial charge in [-0.15, -0.1) is 0 Å². The Labute approximate surface area is 126 Å². The van der Waals surface area contributed by atoms with Gasteiger partial charge in [0.25, 0.3) is 0 Å². The highest BCUT2D eigenvalue weighted by molar-refractivity contribution is 7.89. The zero-order chi connectivity index (χ0) is 15.9. The van der Waals surface area contributed by atoms with E-state index in [0.29, 0.717) is 30.7 Å². The Kier molecular flexibility index (Phi) is 6.85. The van der Waals surface area contributed by atoms with Crippen LogP contribution >= 0.6 is 0 Å². The van der Waals surface area contributed by atoms with Gasteiger partial charge in [-0.2, -0.15) is 0 Å². The van der Waals surface area contributed by atoms with Gasteiger partial charge in [0.1, 0.15) is 6.61 Å². The van der Waals surface area contributed by atoms with Gasteiger partial charge in [0.05, 0.1) is 4.90 Å². The van der Waals surface area contributed by atoms with Gasteiger partial charge in [0.15, 0.2) is 0 Å². The maximum atomic E-state index is 12.6. The Balaban J connectivity index is 3.06. The molecule has 0 heterocycles. The van der Waals surface area contributed by atoms with Crippen molar-refractivity contribution >= 4 is 10.0 Å². The minimum atomic E-state index is -3.55. The van der Waals surface area contributed by atoms with Crippen LogP contribution in [0.4, 0.5) is 0 Å². The fraction of sp³-hybridized carbons (Fsp3) is 0.467. The Morgan fingerprint density at radius 2 is 2.10 bits per heavy atom. The molecule has 0 radical (unpaired) electrons. The number of aliphatic hydroxyl groups is 1. The molecule has 0 aliphatic carbocycles. The predicted molar refractivity (Wildman–Crippen MR) is 81.5 cm³/mol. The SMILES string of the molecule is COCCCN(C)S(=O)(=O)c1cc(C#CCO)ccc1C. The normalized spacial score (nSPS) is 11.3. The average molecular weight is 311 g/mol. The van der Waals surface area contributed by atoms with E-state index in [-0.39, 0.29) is 11.5 Å². The summed E-state index contributed by atoms with van der Waals surface area (Å²) in [5.41, 5.74) is 1.24. The van der Waals surface area contributed by atoms with Crippen molar-refractivity contribution in [2.24, 2.45) is 0 Å². The second-order valence-electron chi connectivity index (χ2n) is 4.61. The third-order valence-electron chi connectivity index (χ3n) is 3.01. The van der Waals surface area contributed by atoms with E-state index >= 15 is 0 Å². The maximum absolute atomic E-state index is 12.6. The Morgan fingerprint density at radius 3 is 2.71 bits per heavy atom. The van der Waals surface area contributed by atoms with Crippen molar-refractivity contribution in [3.63, 3.8) is 0 Å². The van der Waals surface area contributed by atoms with Crippen LogP contribution in [0.15, 0.2) is 23.1 Å². The molecule has 0 unspecified atom stereocenters. The van der Waals surface area contributed by atoms with E-state index in [1.165, 1.54) is 4.31 Å². The summed E-state index contributed by atoms with van der Waals surface area (Å²) >= 11 is 0. The van der Waals surface area contributed by atoms with E-state index in [4.69, 9.17) is 9.84 Å². The van der Waals surface area contributed by atoms with E-state index < -0.39 is 10.0 Å². The number of hydrogen-bond donors (Lipinski definition) is 1. The Bertz CT molecular complexity index is 629. The van der Waals surface area contributed by atoms with Crippen LogP contribution in [0.3, 0.4) is 0 Å². The van der Waals surface area contributed by atoms with Gasteiger partial charge in [-0.3, -0.25) is 0 Å². The molecule has 0 saturated heterocycles. The Morgan fingerprint density at radius 1 is 1.38 bits per heavy atom. The molecule has 116 valence electrons. The summed E-state index contributed by atoms with van der Waals surface area (Å²) in [5, 5.41) is 8.71. The summed E-state index contributed by atoms with van der Waals surface area (Å²) in [6.07, 6.45) is 0.634. The van der Waals surface area contributed by atoms with Crippen molar-refractivity contribution in [3.05, 3.63) is 29.3 Å².